The summed E-state index contributed by atoms with van der Waals surface area (Å²) in [7, 11) is 0. The Morgan fingerprint density at radius 1 is 1.11 bits per heavy atom. The van der Waals surface area contributed by atoms with Crippen molar-refractivity contribution < 1.29 is 28.6 Å². The minimum atomic E-state index is -0.709. The number of aromatic nitrogens is 2. The molecule has 1 saturated heterocycles. The van der Waals surface area contributed by atoms with Gasteiger partial charge in [-0.25, -0.2) is 14.4 Å². The van der Waals surface area contributed by atoms with Gasteiger partial charge in [-0.05, 0) is 61.3 Å². The first kappa shape index (κ1) is 28.0. The summed E-state index contributed by atoms with van der Waals surface area (Å²) in [4.78, 5) is 44.0. The topological polar surface area (TPSA) is 124 Å². The number of carbonyl (C=O) groups excluding carboxylic acids is 3. The number of imidazole rings is 1. The van der Waals surface area contributed by atoms with Crippen molar-refractivity contribution in [1.29, 1.82) is 0 Å². The Hall–Kier alpha value is -3.24. The quantitative estimate of drug-likeness (QED) is 0.315. The number of rotatable bonds is 8. The fourth-order valence-electron chi connectivity index (χ4n) is 3.64. The van der Waals surface area contributed by atoms with Crippen LogP contribution in [0.3, 0.4) is 0 Å². The number of ether oxygens (including phenoxy) is 3. The molecule has 11 nitrogen and oxygen atoms in total. The molecule has 1 aromatic heterocycles. The minimum Gasteiger partial charge on any atom is -0.461 e. The van der Waals surface area contributed by atoms with Crippen molar-refractivity contribution in [2.45, 2.75) is 79.5 Å². The van der Waals surface area contributed by atoms with Crippen molar-refractivity contribution >= 4 is 29.9 Å². The van der Waals surface area contributed by atoms with Crippen molar-refractivity contribution in [3.8, 4) is 0 Å². The molecule has 0 saturated carbocycles. The van der Waals surface area contributed by atoms with E-state index in [1.54, 1.807) is 18.4 Å². The lowest BCUT2D eigenvalue weighted by molar-refractivity contribution is 0.0495. The summed E-state index contributed by atoms with van der Waals surface area (Å²) < 4.78 is 17.4. The Labute approximate surface area is 207 Å². The zero-order chi connectivity index (χ0) is 26.2. The van der Waals surface area contributed by atoms with E-state index >= 15 is 0 Å². The molecule has 0 radical (unpaired) electrons. The highest BCUT2D eigenvalue weighted by Crippen LogP contribution is 2.28. The second-order valence-electron chi connectivity index (χ2n) is 9.50. The number of esters is 1. The molecule has 2 N–H and O–H groups in total. The van der Waals surface area contributed by atoms with Crippen LogP contribution in [0.4, 0.5) is 21.4 Å². The molecule has 0 aromatic carbocycles. The van der Waals surface area contributed by atoms with Crippen LogP contribution in [-0.2, 0) is 20.8 Å². The lowest BCUT2D eigenvalue weighted by Crippen LogP contribution is -2.49. The lowest BCUT2D eigenvalue weighted by atomic mass is 10.1. The van der Waals surface area contributed by atoms with Gasteiger partial charge < -0.3 is 24.4 Å². The maximum Gasteiger partial charge on any atom is 0.412 e. The fraction of sp³-hybridized carbons (Fsp3) is 0.667. The Morgan fingerprint density at radius 3 is 2.40 bits per heavy atom. The Bertz CT molecular complexity index is 930. The van der Waals surface area contributed by atoms with Crippen LogP contribution in [0, 0.1) is 0 Å². The van der Waals surface area contributed by atoms with Crippen molar-refractivity contribution in [1.82, 2.24) is 14.9 Å². The van der Waals surface area contributed by atoms with Crippen LogP contribution in [-0.4, -0.2) is 65.7 Å². The van der Waals surface area contributed by atoms with Gasteiger partial charge in [-0.15, -0.1) is 0 Å². The summed E-state index contributed by atoms with van der Waals surface area (Å²) in [5, 5.41) is 5.50. The van der Waals surface area contributed by atoms with Crippen LogP contribution in [0.25, 0.3) is 0 Å². The Kier molecular flexibility index (Phi) is 9.97. The molecule has 35 heavy (non-hydrogen) atoms. The molecule has 2 amide bonds. The third-order valence-electron chi connectivity index (χ3n) is 5.02. The average molecular weight is 494 g/mol. The number of nitrogens with zero attached hydrogens (tertiary/aromatic N) is 3. The van der Waals surface area contributed by atoms with E-state index in [0.717, 1.165) is 18.4 Å². The van der Waals surface area contributed by atoms with Gasteiger partial charge >= 0.3 is 18.2 Å². The second kappa shape index (κ2) is 12.5. The zero-order valence-electron chi connectivity index (χ0n) is 21.9. The zero-order valence-corrected chi connectivity index (χ0v) is 21.9. The molecule has 1 unspecified atom stereocenters. The van der Waals surface area contributed by atoms with E-state index in [4.69, 9.17) is 14.2 Å². The first-order chi connectivity index (χ1) is 16.4. The van der Waals surface area contributed by atoms with E-state index in [-0.39, 0.29) is 30.8 Å². The standard InChI is InChI=1S/C24H39N5O6/c1-8-33-20(30)18-19(27-22(31)34-9-2)26-21(29(18)14-12-16(3)4)28-13-10-11-17(15-28)25-23(32)35-24(5,6)7/h12,17H,8-11,13-15H2,1-7H3,(H,25,32)(H,27,31). The molecule has 1 aromatic rings. The van der Waals surface area contributed by atoms with Crippen LogP contribution in [0.1, 0.15) is 71.8 Å². The summed E-state index contributed by atoms with van der Waals surface area (Å²) in [6.45, 7) is 14.6. The lowest BCUT2D eigenvalue weighted by Gasteiger charge is -2.34. The van der Waals surface area contributed by atoms with Gasteiger partial charge in [-0.2, -0.15) is 4.98 Å². The summed E-state index contributed by atoms with van der Waals surface area (Å²) in [5.74, 6) is -0.0324. The number of carbonyl (C=O) groups is 3. The van der Waals surface area contributed by atoms with E-state index in [1.807, 2.05) is 45.6 Å². The number of anilines is 2. The number of hydrogen-bond acceptors (Lipinski definition) is 8. The number of amides is 2. The molecule has 1 atom stereocenters. The highest BCUT2D eigenvalue weighted by molar-refractivity contribution is 5.98. The Morgan fingerprint density at radius 2 is 1.80 bits per heavy atom. The second-order valence-corrected chi connectivity index (χ2v) is 9.50. The van der Waals surface area contributed by atoms with E-state index < -0.39 is 23.8 Å². The predicted molar refractivity (Wildman–Crippen MR) is 133 cm³/mol. The van der Waals surface area contributed by atoms with Gasteiger partial charge in [-0.1, -0.05) is 11.6 Å². The summed E-state index contributed by atoms with van der Waals surface area (Å²) in [6.07, 6.45) is 2.35. The molecule has 2 rings (SSSR count). The van der Waals surface area contributed by atoms with Crippen molar-refractivity contribution in [2.24, 2.45) is 0 Å². The van der Waals surface area contributed by atoms with E-state index in [2.05, 4.69) is 15.6 Å². The van der Waals surface area contributed by atoms with E-state index in [0.29, 0.717) is 25.6 Å². The van der Waals surface area contributed by atoms with Crippen LogP contribution < -0.4 is 15.5 Å². The summed E-state index contributed by atoms with van der Waals surface area (Å²) in [6, 6.07) is -0.167. The number of alkyl carbamates (subject to hydrolysis) is 1. The van der Waals surface area contributed by atoms with Gasteiger partial charge in [-0.3, -0.25) is 9.88 Å². The number of hydrogen-bond donors (Lipinski definition) is 2. The van der Waals surface area contributed by atoms with Gasteiger partial charge in [0.25, 0.3) is 0 Å². The number of nitrogens with one attached hydrogen (secondary N) is 2. The third-order valence-corrected chi connectivity index (χ3v) is 5.02. The molecule has 0 aliphatic carbocycles. The molecular weight excluding hydrogens is 454 g/mol. The monoisotopic (exact) mass is 493 g/mol. The summed E-state index contributed by atoms with van der Waals surface area (Å²) >= 11 is 0. The largest absolute Gasteiger partial charge is 0.461 e. The maximum absolute atomic E-state index is 12.9. The normalized spacial score (nSPS) is 15.7. The highest BCUT2D eigenvalue weighted by atomic mass is 16.6. The predicted octanol–water partition coefficient (Wildman–Crippen LogP) is 4.09. The minimum absolute atomic E-state index is 0.0706. The highest BCUT2D eigenvalue weighted by Gasteiger charge is 2.31. The smallest absolute Gasteiger partial charge is 0.412 e. The maximum atomic E-state index is 12.9. The first-order valence-corrected chi connectivity index (χ1v) is 12.0. The molecule has 2 heterocycles. The van der Waals surface area contributed by atoms with Crippen LogP contribution >= 0.6 is 0 Å². The van der Waals surface area contributed by atoms with Gasteiger partial charge in [0.1, 0.15) is 5.60 Å². The summed E-state index contributed by atoms with van der Waals surface area (Å²) in [5.41, 5.74) is 0.596. The molecular formula is C24H39N5O6. The van der Waals surface area contributed by atoms with Gasteiger partial charge in [0.05, 0.1) is 13.2 Å². The van der Waals surface area contributed by atoms with Crippen LogP contribution in [0.15, 0.2) is 11.6 Å². The molecule has 11 heteroatoms. The molecule has 1 fully saturated rings. The van der Waals surface area contributed by atoms with Crippen molar-refractivity contribution in [3.63, 3.8) is 0 Å². The average Bonchev–Trinajstić information content (AvgIpc) is 3.09. The van der Waals surface area contributed by atoms with Crippen LogP contribution in [0.5, 0.6) is 0 Å². The number of piperidine rings is 1. The number of allylic oxidation sites excluding steroid dienone is 2. The molecule has 196 valence electrons. The van der Waals surface area contributed by atoms with Crippen molar-refractivity contribution in [3.05, 3.63) is 17.3 Å². The van der Waals surface area contributed by atoms with E-state index in [9.17, 15) is 14.4 Å². The first-order valence-electron chi connectivity index (χ1n) is 12.0. The van der Waals surface area contributed by atoms with Gasteiger partial charge in [0.15, 0.2) is 11.5 Å². The van der Waals surface area contributed by atoms with Crippen LogP contribution in [0.2, 0.25) is 0 Å². The molecule has 1 aliphatic heterocycles. The van der Waals surface area contributed by atoms with Gasteiger partial charge in [0, 0.05) is 25.7 Å². The molecule has 0 bridgehead atoms. The SMILES string of the molecule is CCOC(=O)Nc1nc(N2CCCC(NC(=O)OC(C)(C)C)C2)n(CC=C(C)C)c1C(=O)OCC. The van der Waals surface area contributed by atoms with E-state index in [1.165, 1.54) is 0 Å². The van der Waals surface area contributed by atoms with Gasteiger partial charge in [0.2, 0.25) is 5.95 Å². The molecule has 1 aliphatic rings. The molecule has 0 spiro atoms. The fourth-order valence-corrected chi connectivity index (χ4v) is 3.64. The third kappa shape index (κ3) is 8.48. The van der Waals surface area contributed by atoms with Crippen molar-refractivity contribution in [2.75, 3.05) is 36.5 Å². The Balaban J connectivity index is 2.42.